The minimum atomic E-state index is -0.392. The number of esters is 1. The van der Waals surface area contributed by atoms with E-state index in [9.17, 15) is 4.79 Å². The lowest BCUT2D eigenvalue weighted by Gasteiger charge is -2.06. The van der Waals surface area contributed by atoms with Crippen LogP contribution >= 0.6 is 0 Å². The molecule has 0 bridgehead atoms. The minimum Gasteiger partial charge on any atom is -0.465 e. The number of carbonyl (C=O) groups excluding carboxylic acids is 1. The van der Waals surface area contributed by atoms with Gasteiger partial charge in [0.15, 0.2) is 0 Å². The van der Waals surface area contributed by atoms with Crippen molar-refractivity contribution >= 4 is 23.3 Å². The van der Waals surface area contributed by atoms with Crippen LogP contribution in [0.3, 0.4) is 0 Å². The van der Waals surface area contributed by atoms with Crippen molar-refractivity contribution in [2.45, 2.75) is 0 Å². The molecule has 0 fully saturated rings. The standard InChI is InChI=1S/C12H12N4O2/c1-18-11(17)8-3-2-4-10(5-8)16-12-14-6-9(13)7-15-12/h2-7H,13H2,1H3,(H,14,15,16). The molecular formula is C12H12N4O2. The summed E-state index contributed by atoms with van der Waals surface area (Å²) in [5.41, 5.74) is 7.13. The van der Waals surface area contributed by atoms with Gasteiger partial charge in [0.05, 0.1) is 30.8 Å². The van der Waals surface area contributed by atoms with Gasteiger partial charge in [0.1, 0.15) is 0 Å². The number of ether oxygens (including phenoxy) is 1. The van der Waals surface area contributed by atoms with Gasteiger partial charge >= 0.3 is 5.97 Å². The van der Waals surface area contributed by atoms with Crippen molar-refractivity contribution in [3.63, 3.8) is 0 Å². The molecule has 0 radical (unpaired) electrons. The number of nitrogens with zero attached hydrogens (tertiary/aromatic N) is 2. The normalized spacial score (nSPS) is 9.83. The SMILES string of the molecule is COC(=O)c1cccc(Nc2ncc(N)cn2)c1. The van der Waals surface area contributed by atoms with Crippen LogP contribution in [0.1, 0.15) is 10.4 Å². The smallest absolute Gasteiger partial charge is 0.337 e. The van der Waals surface area contributed by atoms with Gasteiger partial charge in [-0.15, -0.1) is 0 Å². The first kappa shape index (κ1) is 11.8. The topological polar surface area (TPSA) is 90.1 Å². The fourth-order valence-corrected chi connectivity index (χ4v) is 1.37. The third kappa shape index (κ3) is 2.73. The second-order valence-corrected chi connectivity index (χ2v) is 3.54. The van der Waals surface area contributed by atoms with E-state index in [0.29, 0.717) is 22.9 Å². The number of hydrogen-bond acceptors (Lipinski definition) is 6. The summed E-state index contributed by atoms with van der Waals surface area (Å²) in [7, 11) is 1.34. The lowest BCUT2D eigenvalue weighted by Crippen LogP contribution is -2.03. The molecule has 3 N–H and O–H groups in total. The lowest BCUT2D eigenvalue weighted by molar-refractivity contribution is 0.0601. The molecular weight excluding hydrogens is 232 g/mol. The summed E-state index contributed by atoms with van der Waals surface area (Å²) >= 11 is 0. The average molecular weight is 244 g/mol. The Morgan fingerprint density at radius 1 is 1.33 bits per heavy atom. The molecule has 2 rings (SSSR count). The number of anilines is 3. The van der Waals surface area contributed by atoms with Gasteiger partial charge in [-0.25, -0.2) is 14.8 Å². The van der Waals surface area contributed by atoms with E-state index in [4.69, 9.17) is 5.73 Å². The molecule has 0 amide bonds. The Bertz CT molecular complexity index is 554. The molecule has 18 heavy (non-hydrogen) atoms. The van der Waals surface area contributed by atoms with E-state index in [-0.39, 0.29) is 0 Å². The maximum absolute atomic E-state index is 11.4. The molecule has 1 heterocycles. The molecule has 0 spiro atoms. The summed E-state index contributed by atoms with van der Waals surface area (Å²) in [6.45, 7) is 0. The third-order valence-electron chi connectivity index (χ3n) is 2.21. The first-order chi connectivity index (χ1) is 8.69. The number of carbonyl (C=O) groups is 1. The van der Waals surface area contributed by atoms with Crippen molar-refractivity contribution in [1.82, 2.24) is 9.97 Å². The Balaban J connectivity index is 2.19. The van der Waals surface area contributed by atoms with E-state index in [1.54, 1.807) is 24.3 Å². The Morgan fingerprint density at radius 3 is 2.72 bits per heavy atom. The summed E-state index contributed by atoms with van der Waals surface area (Å²) in [4.78, 5) is 19.4. The summed E-state index contributed by atoms with van der Waals surface area (Å²) in [5, 5.41) is 2.96. The van der Waals surface area contributed by atoms with Crippen LogP contribution in [0.15, 0.2) is 36.7 Å². The molecule has 0 aliphatic rings. The van der Waals surface area contributed by atoms with E-state index in [2.05, 4.69) is 20.0 Å². The number of nitrogens with one attached hydrogen (secondary N) is 1. The zero-order valence-corrected chi connectivity index (χ0v) is 9.75. The molecule has 6 nitrogen and oxygen atoms in total. The van der Waals surface area contributed by atoms with Gasteiger partial charge in [0.25, 0.3) is 0 Å². The van der Waals surface area contributed by atoms with Crippen LogP contribution in [0, 0.1) is 0 Å². The molecule has 6 heteroatoms. The van der Waals surface area contributed by atoms with E-state index in [1.807, 2.05) is 0 Å². The second kappa shape index (κ2) is 5.13. The van der Waals surface area contributed by atoms with Crippen molar-refractivity contribution in [1.29, 1.82) is 0 Å². The van der Waals surface area contributed by atoms with Crippen molar-refractivity contribution in [2.24, 2.45) is 0 Å². The van der Waals surface area contributed by atoms with Crippen molar-refractivity contribution in [3.05, 3.63) is 42.2 Å². The van der Waals surface area contributed by atoms with Gasteiger partial charge in [-0.2, -0.15) is 0 Å². The Labute approximate surface area is 104 Å². The molecule has 0 atom stereocenters. The van der Waals surface area contributed by atoms with Crippen molar-refractivity contribution in [3.8, 4) is 0 Å². The van der Waals surface area contributed by atoms with Crippen LogP contribution in [-0.4, -0.2) is 23.0 Å². The number of nitrogens with two attached hydrogens (primary N) is 1. The summed E-state index contributed by atoms with van der Waals surface area (Å²) < 4.78 is 4.64. The number of hydrogen-bond donors (Lipinski definition) is 2. The van der Waals surface area contributed by atoms with Gasteiger partial charge in [0, 0.05) is 5.69 Å². The monoisotopic (exact) mass is 244 g/mol. The van der Waals surface area contributed by atoms with Gasteiger partial charge in [-0.3, -0.25) is 0 Å². The van der Waals surface area contributed by atoms with E-state index >= 15 is 0 Å². The zero-order valence-electron chi connectivity index (χ0n) is 9.75. The minimum absolute atomic E-state index is 0.392. The first-order valence-corrected chi connectivity index (χ1v) is 5.22. The van der Waals surface area contributed by atoms with E-state index < -0.39 is 5.97 Å². The third-order valence-corrected chi connectivity index (χ3v) is 2.21. The van der Waals surface area contributed by atoms with Crippen LogP contribution in [0.4, 0.5) is 17.3 Å². The molecule has 1 aromatic carbocycles. The molecule has 1 aromatic heterocycles. The highest BCUT2D eigenvalue weighted by atomic mass is 16.5. The molecule has 2 aromatic rings. The van der Waals surface area contributed by atoms with Gasteiger partial charge in [-0.05, 0) is 18.2 Å². The van der Waals surface area contributed by atoms with Crippen LogP contribution < -0.4 is 11.1 Å². The predicted octanol–water partition coefficient (Wildman–Crippen LogP) is 1.59. The van der Waals surface area contributed by atoms with Crippen LogP contribution in [0.5, 0.6) is 0 Å². The highest BCUT2D eigenvalue weighted by Gasteiger charge is 2.06. The summed E-state index contributed by atoms with van der Waals surface area (Å²) in [6, 6.07) is 6.87. The summed E-state index contributed by atoms with van der Waals surface area (Å²) in [6.07, 6.45) is 3.00. The van der Waals surface area contributed by atoms with E-state index in [0.717, 1.165) is 0 Å². The predicted molar refractivity (Wildman–Crippen MR) is 67.5 cm³/mol. The highest BCUT2D eigenvalue weighted by Crippen LogP contribution is 2.15. The van der Waals surface area contributed by atoms with Gasteiger partial charge in [0.2, 0.25) is 5.95 Å². The van der Waals surface area contributed by atoms with Crippen LogP contribution in [0.25, 0.3) is 0 Å². The molecule has 0 aliphatic heterocycles. The molecule has 0 aliphatic carbocycles. The first-order valence-electron chi connectivity index (χ1n) is 5.22. The highest BCUT2D eigenvalue weighted by molar-refractivity contribution is 5.90. The molecule has 92 valence electrons. The number of rotatable bonds is 3. The fraction of sp³-hybridized carbons (Fsp3) is 0.0833. The maximum Gasteiger partial charge on any atom is 0.337 e. The Morgan fingerprint density at radius 2 is 2.06 bits per heavy atom. The largest absolute Gasteiger partial charge is 0.465 e. The van der Waals surface area contributed by atoms with E-state index in [1.165, 1.54) is 19.5 Å². The van der Waals surface area contributed by atoms with Crippen LogP contribution in [0.2, 0.25) is 0 Å². The second-order valence-electron chi connectivity index (χ2n) is 3.54. The number of methoxy groups -OCH3 is 1. The van der Waals surface area contributed by atoms with Crippen LogP contribution in [-0.2, 0) is 4.74 Å². The number of nitrogen functional groups attached to an aromatic ring is 1. The summed E-state index contributed by atoms with van der Waals surface area (Å²) in [5.74, 6) is 0.0168. The lowest BCUT2D eigenvalue weighted by atomic mass is 10.2. The van der Waals surface area contributed by atoms with Crippen molar-refractivity contribution < 1.29 is 9.53 Å². The Kier molecular flexibility index (Phi) is 3.38. The van der Waals surface area contributed by atoms with Gasteiger partial charge < -0.3 is 15.8 Å². The van der Waals surface area contributed by atoms with Crippen molar-refractivity contribution in [2.75, 3.05) is 18.2 Å². The van der Waals surface area contributed by atoms with Gasteiger partial charge in [-0.1, -0.05) is 6.07 Å². The molecule has 0 unspecified atom stereocenters. The molecule has 0 saturated carbocycles. The zero-order chi connectivity index (χ0) is 13.0. The fourth-order valence-electron chi connectivity index (χ4n) is 1.37. The molecule has 0 saturated heterocycles. The maximum atomic E-state index is 11.4. The average Bonchev–Trinajstić information content (AvgIpc) is 2.41. The number of benzene rings is 1. The quantitative estimate of drug-likeness (QED) is 0.797. The Hall–Kier alpha value is -2.63. The number of aromatic nitrogens is 2.